The maximum absolute atomic E-state index is 12.6. The Morgan fingerprint density at radius 3 is 2.91 bits per heavy atom. The Morgan fingerprint density at radius 1 is 1.39 bits per heavy atom. The standard InChI is InChI=1S/C18H23N3O2/c1-12-5-8-16(21(11-12)17(22)23-18(2,3)4)13-6-7-14-10-19-20-15(14)9-13/h6-10,12H,5,11H2,1-4H3,(H,19,20)/t12-/m0/s1. The molecule has 5 heteroatoms. The number of ether oxygens (including phenoxy) is 1. The highest BCUT2D eigenvalue weighted by Gasteiger charge is 2.29. The van der Waals surface area contributed by atoms with E-state index in [-0.39, 0.29) is 6.09 Å². The zero-order chi connectivity index (χ0) is 16.6. The van der Waals surface area contributed by atoms with Gasteiger partial charge in [-0.1, -0.05) is 25.1 Å². The van der Waals surface area contributed by atoms with Crippen LogP contribution in [0.3, 0.4) is 0 Å². The molecule has 1 aliphatic rings. The van der Waals surface area contributed by atoms with Crippen LogP contribution in [0.4, 0.5) is 4.79 Å². The molecule has 0 aliphatic carbocycles. The molecule has 1 aromatic heterocycles. The summed E-state index contributed by atoms with van der Waals surface area (Å²) in [5.41, 5.74) is 2.37. The number of carbonyl (C=O) groups is 1. The van der Waals surface area contributed by atoms with Gasteiger partial charge in [-0.2, -0.15) is 5.10 Å². The molecule has 1 atom stereocenters. The lowest BCUT2D eigenvalue weighted by molar-refractivity contribution is 0.0327. The first-order valence-corrected chi connectivity index (χ1v) is 7.98. The molecule has 0 fully saturated rings. The first-order valence-electron chi connectivity index (χ1n) is 7.98. The molecule has 23 heavy (non-hydrogen) atoms. The van der Waals surface area contributed by atoms with Gasteiger partial charge in [0.25, 0.3) is 0 Å². The SMILES string of the molecule is C[C@H]1CC=C(c2ccc3cn[nH]c3c2)N(C(=O)OC(C)(C)C)C1. The molecule has 5 nitrogen and oxygen atoms in total. The van der Waals surface area contributed by atoms with Crippen LogP contribution in [0.25, 0.3) is 16.6 Å². The minimum Gasteiger partial charge on any atom is -0.443 e. The van der Waals surface area contributed by atoms with Crippen molar-refractivity contribution in [2.24, 2.45) is 5.92 Å². The van der Waals surface area contributed by atoms with Crippen LogP contribution in [0.15, 0.2) is 30.5 Å². The molecular weight excluding hydrogens is 290 g/mol. The number of nitrogens with one attached hydrogen (secondary N) is 1. The van der Waals surface area contributed by atoms with Crippen LogP contribution in [0.1, 0.15) is 39.7 Å². The predicted octanol–water partition coefficient (Wildman–Crippen LogP) is 4.18. The zero-order valence-electron chi connectivity index (χ0n) is 14.1. The van der Waals surface area contributed by atoms with Gasteiger partial charge in [-0.05, 0) is 39.2 Å². The number of aromatic nitrogens is 2. The van der Waals surface area contributed by atoms with Gasteiger partial charge in [-0.3, -0.25) is 10.00 Å². The molecule has 0 saturated heterocycles. The number of hydrogen-bond donors (Lipinski definition) is 1. The second kappa shape index (κ2) is 5.72. The van der Waals surface area contributed by atoms with Gasteiger partial charge in [0.2, 0.25) is 0 Å². The van der Waals surface area contributed by atoms with Crippen LogP contribution in [0.5, 0.6) is 0 Å². The Hall–Kier alpha value is -2.30. The maximum atomic E-state index is 12.6. The van der Waals surface area contributed by atoms with E-state index in [0.29, 0.717) is 12.5 Å². The van der Waals surface area contributed by atoms with Gasteiger partial charge < -0.3 is 4.74 Å². The number of carbonyl (C=O) groups excluding carboxylic acids is 1. The van der Waals surface area contributed by atoms with Crippen LogP contribution >= 0.6 is 0 Å². The third-order valence-corrected chi connectivity index (χ3v) is 3.85. The number of aromatic amines is 1. The summed E-state index contributed by atoms with van der Waals surface area (Å²) in [5, 5.41) is 8.09. The van der Waals surface area contributed by atoms with Crippen LogP contribution in [0, 0.1) is 5.92 Å². The summed E-state index contributed by atoms with van der Waals surface area (Å²) < 4.78 is 5.58. The molecule has 0 spiro atoms. The summed E-state index contributed by atoms with van der Waals surface area (Å²) in [6, 6.07) is 6.07. The Morgan fingerprint density at radius 2 is 2.17 bits per heavy atom. The van der Waals surface area contributed by atoms with Crippen molar-refractivity contribution in [3.8, 4) is 0 Å². The van der Waals surface area contributed by atoms with Crippen LogP contribution in [-0.2, 0) is 4.74 Å². The van der Waals surface area contributed by atoms with E-state index in [1.807, 2.05) is 39.0 Å². The van der Waals surface area contributed by atoms with Crippen LogP contribution in [-0.4, -0.2) is 33.3 Å². The minimum atomic E-state index is -0.504. The zero-order valence-corrected chi connectivity index (χ0v) is 14.1. The summed E-state index contributed by atoms with van der Waals surface area (Å²) in [4.78, 5) is 14.3. The Kier molecular flexibility index (Phi) is 3.88. The molecule has 1 amide bonds. The third-order valence-electron chi connectivity index (χ3n) is 3.85. The summed E-state index contributed by atoms with van der Waals surface area (Å²) in [6.07, 6.45) is 4.58. The molecule has 1 N–H and O–H groups in total. The number of nitrogens with zero attached hydrogens (tertiary/aromatic N) is 2. The second-order valence-electron chi connectivity index (χ2n) is 7.19. The lowest BCUT2D eigenvalue weighted by Gasteiger charge is -2.33. The summed E-state index contributed by atoms with van der Waals surface area (Å²) in [7, 11) is 0. The van der Waals surface area contributed by atoms with E-state index in [0.717, 1.165) is 28.6 Å². The number of rotatable bonds is 1. The fourth-order valence-electron chi connectivity index (χ4n) is 2.77. The largest absolute Gasteiger partial charge is 0.443 e. The fourth-order valence-corrected chi connectivity index (χ4v) is 2.77. The Bertz CT molecular complexity index is 755. The van der Waals surface area contributed by atoms with Gasteiger partial charge in [0.05, 0.1) is 17.4 Å². The van der Waals surface area contributed by atoms with E-state index in [2.05, 4.69) is 23.2 Å². The van der Waals surface area contributed by atoms with Crippen molar-refractivity contribution in [3.63, 3.8) is 0 Å². The van der Waals surface area contributed by atoms with E-state index in [4.69, 9.17) is 4.74 Å². The van der Waals surface area contributed by atoms with E-state index in [1.54, 1.807) is 11.1 Å². The molecule has 1 aliphatic heterocycles. The molecule has 1 aromatic carbocycles. The Balaban J connectivity index is 1.95. The van der Waals surface area contributed by atoms with Crippen LogP contribution in [0.2, 0.25) is 0 Å². The minimum absolute atomic E-state index is 0.292. The topological polar surface area (TPSA) is 58.2 Å². The monoisotopic (exact) mass is 313 g/mol. The van der Waals surface area contributed by atoms with Gasteiger partial charge in [0, 0.05) is 17.5 Å². The van der Waals surface area contributed by atoms with E-state index in [9.17, 15) is 4.79 Å². The van der Waals surface area contributed by atoms with Crippen LogP contribution < -0.4 is 0 Å². The van der Waals surface area contributed by atoms with Crippen molar-refractivity contribution < 1.29 is 9.53 Å². The van der Waals surface area contributed by atoms with Crippen molar-refractivity contribution in [1.29, 1.82) is 0 Å². The van der Waals surface area contributed by atoms with Gasteiger partial charge in [0.1, 0.15) is 5.60 Å². The molecule has 0 unspecified atom stereocenters. The van der Waals surface area contributed by atoms with Crippen molar-refractivity contribution in [3.05, 3.63) is 36.0 Å². The first kappa shape index (κ1) is 15.6. The first-order chi connectivity index (χ1) is 10.8. The molecular formula is C18H23N3O2. The molecule has 3 rings (SSSR count). The molecule has 122 valence electrons. The van der Waals surface area contributed by atoms with Gasteiger partial charge in [0.15, 0.2) is 0 Å². The fraction of sp³-hybridized carbons (Fsp3) is 0.444. The van der Waals surface area contributed by atoms with Crippen molar-refractivity contribution >= 4 is 22.7 Å². The maximum Gasteiger partial charge on any atom is 0.414 e. The number of amides is 1. The van der Waals surface area contributed by atoms with Gasteiger partial charge >= 0.3 is 6.09 Å². The molecule has 0 saturated carbocycles. The predicted molar refractivity (Wildman–Crippen MR) is 90.8 cm³/mol. The molecule has 0 bridgehead atoms. The average Bonchev–Trinajstić information content (AvgIpc) is 2.92. The summed E-state index contributed by atoms with van der Waals surface area (Å²) >= 11 is 0. The van der Waals surface area contributed by atoms with Gasteiger partial charge in [-0.15, -0.1) is 0 Å². The normalized spacial score (nSPS) is 18.9. The van der Waals surface area contributed by atoms with E-state index < -0.39 is 5.60 Å². The quantitative estimate of drug-likeness (QED) is 0.859. The van der Waals surface area contributed by atoms with E-state index >= 15 is 0 Å². The molecule has 2 aromatic rings. The average molecular weight is 313 g/mol. The highest BCUT2D eigenvalue weighted by atomic mass is 16.6. The number of hydrogen-bond acceptors (Lipinski definition) is 3. The number of H-pyrrole nitrogens is 1. The third kappa shape index (κ3) is 3.38. The van der Waals surface area contributed by atoms with E-state index in [1.165, 1.54) is 0 Å². The lowest BCUT2D eigenvalue weighted by Crippen LogP contribution is -2.39. The smallest absolute Gasteiger partial charge is 0.414 e. The molecule has 2 heterocycles. The lowest BCUT2D eigenvalue weighted by atomic mass is 9.98. The van der Waals surface area contributed by atoms with Gasteiger partial charge in [-0.25, -0.2) is 4.79 Å². The van der Waals surface area contributed by atoms with Crippen molar-refractivity contribution in [1.82, 2.24) is 15.1 Å². The highest BCUT2D eigenvalue weighted by Crippen LogP contribution is 2.30. The number of benzene rings is 1. The summed E-state index contributed by atoms with van der Waals surface area (Å²) in [6.45, 7) is 8.47. The number of allylic oxidation sites excluding steroid dienone is 1. The number of fused-ring (bicyclic) bond motifs is 1. The second-order valence-corrected chi connectivity index (χ2v) is 7.19. The summed E-state index contributed by atoms with van der Waals surface area (Å²) in [5.74, 6) is 0.419. The van der Waals surface area contributed by atoms with Crippen molar-refractivity contribution in [2.45, 2.75) is 39.7 Å². The van der Waals surface area contributed by atoms with Crippen molar-refractivity contribution in [2.75, 3.05) is 6.54 Å². The molecule has 0 radical (unpaired) electrons. The highest BCUT2D eigenvalue weighted by molar-refractivity contribution is 5.87. The Labute approximate surface area is 136 Å².